The molecule has 17 heavy (non-hydrogen) atoms. The molecule has 0 fully saturated rings. The summed E-state index contributed by atoms with van der Waals surface area (Å²) in [5, 5.41) is 0. The second-order valence-corrected chi connectivity index (χ2v) is 7.36. The molecule has 0 N–H and O–H groups in total. The van der Waals surface area contributed by atoms with E-state index >= 15 is 0 Å². The van der Waals surface area contributed by atoms with E-state index in [0.29, 0.717) is 0 Å². The van der Waals surface area contributed by atoms with E-state index in [2.05, 4.69) is 48.5 Å². The largest absolute Gasteiger partial charge is 0.299 e. The van der Waals surface area contributed by atoms with Gasteiger partial charge in [-0.15, -0.1) is 0 Å². The molecule has 0 aliphatic carbocycles. The van der Waals surface area contributed by atoms with Gasteiger partial charge in [-0.2, -0.15) is 0 Å². The maximum absolute atomic E-state index is 11.9. The van der Waals surface area contributed by atoms with Crippen LogP contribution in [0.4, 0.5) is 0 Å². The topological polar surface area (TPSA) is 34.1 Å². The lowest BCUT2D eigenvalue weighted by Crippen LogP contribution is -2.53. The summed E-state index contributed by atoms with van der Waals surface area (Å²) in [6.07, 6.45) is 0. The maximum Gasteiger partial charge on any atom is 0.140 e. The van der Waals surface area contributed by atoms with E-state index in [0.717, 1.165) is 0 Å². The molecule has 100 valence electrons. The molecule has 0 bridgehead atoms. The van der Waals surface area contributed by atoms with Gasteiger partial charge in [0.05, 0.1) is 5.92 Å². The van der Waals surface area contributed by atoms with Gasteiger partial charge in [0.15, 0.2) is 0 Å². The number of ketones is 2. The molecule has 0 saturated carbocycles. The Morgan fingerprint density at radius 3 is 1.00 bits per heavy atom. The van der Waals surface area contributed by atoms with Gasteiger partial charge in [-0.3, -0.25) is 9.59 Å². The van der Waals surface area contributed by atoms with Crippen LogP contribution in [-0.2, 0) is 9.59 Å². The Bertz CT molecular complexity index is 285. The minimum absolute atomic E-state index is 0.0233. The fourth-order valence-electron chi connectivity index (χ4n) is 3.09. The van der Waals surface area contributed by atoms with Crippen LogP contribution in [0, 0.1) is 22.2 Å². The van der Waals surface area contributed by atoms with Crippen LogP contribution in [0.2, 0.25) is 0 Å². The summed E-state index contributed by atoms with van der Waals surface area (Å²) >= 11 is 0. The molecule has 0 amide bonds. The van der Waals surface area contributed by atoms with Crippen molar-refractivity contribution in [3.63, 3.8) is 0 Å². The first-order valence-corrected chi connectivity index (χ1v) is 6.27. The van der Waals surface area contributed by atoms with Crippen molar-refractivity contribution in [2.75, 3.05) is 0 Å². The monoisotopic (exact) mass is 240 g/mol. The third-order valence-corrected chi connectivity index (χ3v) is 4.51. The SMILES string of the molecule is CC(=O)C(C(C)=O)C(C)(C(C)(C)C)C(C)(C)C. The van der Waals surface area contributed by atoms with E-state index in [1.165, 1.54) is 13.8 Å². The zero-order valence-corrected chi connectivity index (χ0v) is 12.9. The molecule has 0 atom stereocenters. The molecule has 2 nitrogen and oxygen atoms in total. The summed E-state index contributed by atoms with van der Waals surface area (Å²) in [4.78, 5) is 23.8. The molecular weight excluding hydrogens is 212 g/mol. The normalized spacial score (nSPS) is 14.0. The summed E-state index contributed by atoms with van der Waals surface area (Å²) in [6, 6.07) is 0. The van der Waals surface area contributed by atoms with Crippen molar-refractivity contribution in [3.8, 4) is 0 Å². The van der Waals surface area contributed by atoms with Gasteiger partial charge in [-0.05, 0) is 30.1 Å². The Hall–Kier alpha value is -0.660. The van der Waals surface area contributed by atoms with Gasteiger partial charge < -0.3 is 0 Å². The van der Waals surface area contributed by atoms with Gasteiger partial charge in [0.25, 0.3) is 0 Å². The van der Waals surface area contributed by atoms with Crippen molar-refractivity contribution < 1.29 is 9.59 Å². The van der Waals surface area contributed by atoms with E-state index in [-0.39, 0.29) is 27.8 Å². The third kappa shape index (κ3) is 2.78. The van der Waals surface area contributed by atoms with Crippen LogP contribution in [0.5, 0.6) is 0 Å². The Kier molecular flexibility index (Phi) is 4.37. The number of hydrogen-bond acceptors (Lipinski definition) is 2. The molecule has 0 spiro atoms. The van der Waals surface area contributed by atoms with Gasteiger partial charge >= 0.3 is 0 Å². The summed E-state index contributed by atoms with van der Waals surface area (Å²) in [7, 11) is 0. The van der Waals surface area contributed by atoms with E-state index in [4.69, 9.17) is 0 Å². The molecule has 0 aromatic carbocycles. The van der Waals surface area contributed by atoms with Crippen LogP contribution >= 0.6 is 0 Å². The number of Topliss-reactive ketones (excluding diaryl/α,β-unsaturated/α-hetero) is 2. The molecule has 0 heterocycles. The molecule has 0 aliphatic rings. The van der Waals surface area contributed by atoms with Crippen molar-refractivity contribution in [1.82, 2.24) is 0 Å². The number of carbonyl (C=O) groups is 2. The predicted octanol–water partition coefficient (Wildman–Crippen LogP) is 3.88. The third-order valence-electron chi connectivity index (χ3n) is 4.51. The second-order valence-electron chi connectivity index (χ2n) is 7.36. The van der Waals surface area contributed by atoms with Gasteiger partial charge in [0.1, 0.15) is 11.6 Å². The number of hydrogen-bond donors (Lipinski definition) is 0. The van der Waals surface area contributed by atoms with E-state index < -0.39 is 5.92 Å². The van der Waals surface area contributed by atoms with Crippen LogP contribution in [0.1, 0.15) is 62.3 Å². The highest BCUT2D eigenvalue weighted by atomic mass is 16.1. The minimum Gasteiger partial charge on any atom is -0.299 e. The lowest BCUT2D eigenvalue weighted by atomic mass is 9.48. The lowest BCUT2D eigenvalue weighted by molar-refractivity contribution is -0.149. The Morgan fingerprint density at radius 2 is 0.941 bits per heavy atom. The van der Waals surface area contributed by atoms with Crippen molar-refractivity contribution in [2.45, 2.75) is 62.3 Å². The Balaban J connectivity index is 5.96. The molecule has 0 saturated heterocycles. The summed E-state index contributed by atoms with van der Waals surface area (Å²) in [5.74, 6) is -0.572. The second kappa shape index (κ2) is 4.55. The fraction of sp³-hybridized carbons (Fsp3) is 0.867. The van der Waals surface area contributed by atoms with Crippen molar-refractivity contribution >= 4 is 11.6 Å². The first-order valence-electron chi connectivity index (χ1n) is 6.27. The highest BCUT2D eigenvalue weighted by Crippen LogP contribution is 2.56. The summed E-state index contributed by atoms with van der Waals surface area (Å²) < 4.78 is 0. The van der Waals surface area contributed by atoms with Gasteiger partial charge in [0.2, 0.25) is 0 Å². The standard InChI is InChI=1S/C15H28O2/c1-10(16)12(11(2)17)15(9,13(3,4)5)14(6,7)8/h12H,1-9H3. The van der Waals surface area contributed by atoms with Crippen LogP contribution in [0.15, 0.2) is 0 Å². The molecule has 0 unspecified atom stereocenters. The number of rotatable bonds is 3. The molecular formula is C15H28O2. The van der Waals surface area contributed by atoms with Crippen molar-refractivity contribution in [3.05, 3.63) is 0 Å². The summed E-state index contributed by atoms with van der Waals surface area (Å²) in [5.41, 5.74) is -0.599. The highest BCUT2D eigenvalue weighted by Gasteiger charge is 2.54. The van der Waals surface area contributed by atoms with Crippen molar-refractivity contribution in [1.29, 1.82) is 0 Å². The molecule has 0 radical (unpaired) electrons. The lowest BCUT2D eigenvalue weighted by Gasteiger charge is -2.54. The smallest absolute Gasteiger partial charge is 0.140 e. The Labute approximate surface area is 106 Å². The van der Waals surface area contributed by atoms with E-state index in [9.17, 15) is 9.59 Å². The predicted molar refractivity (Wildman–Crippen MR) is 71.9 cm³/mol. The minimum atomic E-state index is -0.525. The van der Waals surface area contributed by atoms with Crippen LogP contribution in [0.3, 0.4) is 0 Å². The highest BCUT2D eigenvalue weighted by molar-refractivity contribution is 6.01. The fourth-order valence-corrected chi connectivity index (χ4v) is 3.09. The van der Waals surface area contributed by atoms with Gasteiger partial charge in [0, 0.05) is 0 Å². The van der Waals surface area contributed by atoms with E-state index in [1.54, 1.807) is 0 Å². The zero-order chi connectivity index (χ0) is 14.2. The average Bonchev–Trinajstić information content (AvgIpc) is 1.97. The van der Waals surface area contributed by atoms with Gasteiger partial charge in [-0.1, -0.05) is 48.5 Å². The van der Waals surface area contributed by atoms with Crippen molar-refractivity contribution in [2.24, 2.45) is 22.2 Å². The summed E-state index contributed by atoms with van der Waals surface area (Å²) in [6.45, 7) is 17.8. The molecule has 2 heteroatoms. The average molecular weight is 240 g/mol. The van der Waals surface area contributed by atoms with Gasteiger partial charge in [-0.25, -0.2) is 0 Å². The molecule has 0 aromatic heterocycles. The Morgan fingerprint density at radius 1 is 0.706 bits per heavy atom. The molecule has 0 rings (SSSR count). The van der Waals surface area contributed by atoms with Crippen LogP contribution < -0.4 is 0 Å². The number of carbonyl (C=O) groups excluding carboxylic acids is 2. The first-order chi connectivity index (χ1) is 7.26. The molecule has 0 aliphatic heterocycles. The van der Waals surface area contributed by atoms with Crippen LogP contribution in [-0.4, -0.2) is 11.6 Å². The zero-order valence-electron chi connectivity index (χ0n) is 12.9. The van der Waals surface area contributed by atoms with Crippen LogP contribution in [0.25, 0.3) is 0 Å². The molecule has 0 aromatic rings. The first kappa shape index (κ1) is 16.3. The van der Waals surface area contributed by atoms with E-state index in [1.807, 2.05) is 0 Å². The quantitative estimate of drug-likeness (QED) is 0.702. The maximum atomic E-state index is 11.9.